The molecule has 0 atom stereocenters. The molecule has 4 rings (SSSR count). The zero-order valence-electron chi connectivity index (χ0n) is 17.5. The van der Waals surface area contributed by atoms with Crippen LogP contribution in [0.5, 0.6) is 0 Å². The van der Waals surface area contributed by atoms with E-state index in [1.54, 1.807) is 0 Å². The first-order valence-corrected chi connectivity index (χ1v) is 26.0. The van der Waals surface area contributed by atoms with E-state index in [2.05, 4.69) is 51.0 Å². The van der Waals surface area contributed by atoms with E-state index < -0.39 is 20.3 Å². The van der Waals surface area contributed by atoms with Gasteiger partial charge in [-0.1, -0.05) is 0 Å². The number of fused-ring (bicyclic) bond motifs is 1. The monoisotopic (exact) mass is 637 g/mol. The first-order chi connectivity index (χ1) is 14.4. The topological polar surface area (TPSA) is 21.7 Å². The maximum absolute atomic E-state index is 6.40. The second kappa shape index (κ2) is 10.3. The molecule has 0 saturated carbocycles. The fourth-order valence-electron chi connectivity index (χ4n) is 3.90. The molecule has 10 heteroatoms. The van der Waals surface area contributed by atoms with Gasteiger partial charge in [0, 0.05) is 0 Å². The van der Waals surface area contributed by atoms with Crippen molar-refractivity contribution in [3.63, 3.8) is 0 Å². The van der Waals surface area contributed by atoms with E-state index in [1.807, 2.05) is 18.6 Å². The van der Waals surface area contributed by atoms with Crippen LogP contribution >= 0.6 is 44.6 Å². The number of nitrogens with zero attached hydrogens (tertiary/aromatic N) is 1. The van der Waals surface area contributed by atoms with Crippen molar-refractivity contribution in [1.29, 1.82) is 0 Å². The van der Waals surface area contributed by atoms with E-state index in [4.69, 9.17) is 33.1 Å². The molecule has 0 amide bonds. The van der Waals surface area contributed by atoms with Crippen LogP contribution in [-0.4, -0.2) is 50.1 Å². The van der Waals surface area contributed by atoms with Gasteiger partial charge < -0.3 is 0 Å². The third-order valence-electron chi connectivity index (χ3n) is 6.25. The average Bonchev–Trinajstić information content (AvgIpc) is 3.41. The molecule has 3 aliphatic heterocycles. The van der Waals surface area contributed by atoms with Crippen LogP contribution < -0.4 is 0 Å². The Bertz CT molecular complexity index is 932. The normalized spacial score (nSPS) is 23.9. The van der Waals surface area contributed by atoms with Crippen LogP contribution in [0.2, 0.25) is 0 Å². The van der Waals surface area contributed by atoms with Gasteiger partial charge in [0.1, 0.15) is 0 Å². The third kappa shape index (κ3) is 5.54. The van der Waals surface area contributed by atoms with Gasteiger partial charge in [-0.3, -0.25) is 0 Å². The van der Waals surface area contributed by atoms with E-state index in [9.17, 15) is 0 Å². The van der Waals surface area contributed by atoms with E-state index >= 15 is 0 Å². The Morgan fingerprint density at radius 2 is 1.67 bits per heavy atom. The van der Waals surface area contributed by atoms with Crippen molar-refractivity contribution in [3.05, 3.63) is 35.4 Å². The summed E-state index contributed by atoms with van der Waals surface area (Å²) in [5, 5.41) is 0. The van der Waals surface area contributed by atoms with Gasteiger partial charge in [-0.2, -0.15) is 0 Å². The van der Waals surface area contributed by atoms with E-state index in [0.29, 0.717) is 0 Å². The molecule has 30 heavy (non-hydrogen) atoms. The molecule has 0 unspecified atom stereocenters. The molecule has 0 bridgehead atoms. The van der Waals surface area contributed by atoms with Gasteiger partial charge in [-0.25, -0.2) is 0 Å². The Labute approximate surface area is 203 Å². The summed E-state index contributed by atoms with van der Waals surface area (Å²) in [4.78, 5) is 2.37. The van der Waals surface area contributed by atoms with Crippen molar-refractivity contribution in [2.75, 3.05) is 26.3 Å². The molecule has 0 radical (unpaired) electrons. The molecular weight excluding hydrogens is 605 g/mol. The van der Waals surface area contributed by atoms with Crippen LogP contribution in [0.15, 0.2) is 24.3 Å². The molecule has 0 N–H and O–H groups in total. The molecule has 2 saturated heterocycles. The van der Waals surface area contributed by atoms with Crippen molar-refractivity contribution in [2.45, 2.75) is 48.5 Å². The molecule has 1 aromatic rings. The van der Waals surface area contributed by atoms with Crippen LogP contribution in [0.25, 0.3) is 0 Å². The van der Waals surface area contributed by atoms with Crippen molar-refractivity contribution in [2.24, 2.45) is 5.41 Å². The standard InChI is InChI=1S/C20H30NO2PS5Te/c1-3-20(4-2)15-22-24(26,23-16-20)28-30(13-17-9-5-6-10-18(17)14-30)29-27-19(25)21-11-7-8-12-21/h5-6,9-10H,3-4,7-8,11-16H2,1-2H3. The van der Waals surface area contributed by atoms with Gasteiger partial charge in [0.05, 0.1) is 0 Å². The Hall–Kier alpha value is 1.39. The number of hydrogen-bond donors (Lipinski definition) is 0. The van der Waals surface area contributed by atoms with Gasteiger partial charge in [-0.15, -0.1) is 0 Å². The average molecular weight is 635 g/mol. The van der Waals surface area contributed by atoms with Crippen LogP contribution in [0, 0.1) is 5.41 Å². The minimum absolute atomic E-state index is 0.140. The molecule has 1 aromatic carbocycles. The van der Waals surface area contributed by atoms with Crippen LogP contribution in [0.1, 0.15) is 50.7 Å². The maximum atomic E-state index is 6.40. The summed E-state index contributed by atoms with van der Waals surface area (Å²) in [6.45, 7) is 8.19. The number of hydrogen-bond acceptors (Lipinski definition) is 6. The van der Waals surface area contributed by atoms with E-state index in [1.165, 1.54) is 32.9 Å². The summed E-state index contributed by atoms with van der Waals surface area (Å²) >= 11 is 9.29. The molecule has 3 aliphatic rings. The predicted molar refractivity (Wildman–Crippen MR) is 145 cm³/mol. The van der Waals surface area contributed by atoms with Crippen molar-refractivity contribution in [3.8, 4) is 0 Å². The van der Waals surface area contributed by atoms with Gasteiger partial charge in [-0.05, 0) is 0 Å². The van der Waals surface area contributed by atoms with Gasteiger partial charge >= 0.3 is 205 Å². The summed E-state index contributed by atoms with van der Waals surface area (Å²) in [5.41, 5.74) is 0.838. The number of likely N-dealkylation sites (tertiary alicyclic amines) is 1. The Kier molecular flexibility index (Phi) is 8.45. The SMILES string of the molecule is CCC1(CC)COP(=S)(S#[Te]2(SSC(=S)N3CCCC3)Cc3ccccc3C2)OC1. The quantitative estimate of drug-likeness (QED) is 0.154. The fourth-order valence-corrected chi connectivity index (χ4v) is 62.4. The molecule has 0 aromatic heterocycles. The van der Waals surface area contributed by atoms with Crippen molar-refractivity contribution in [1.82, 2.24) is 4.90 Å². The fraction of sp³-hybridized carbons (Fsp3) is 0.650. The first-order valence-electron chi connectivity index (χ1n) is 10.5. The second-order valence-electron chi connectivity index (χ2n) is 8.19. The third-order valence-corrected chi connectivity index (χ3v) is 51.1. The summed E-state index contributed by atoms with van der Waals surface area (Å²) < 4.78 is 16.2. The molecule has 2 fully saturated rings. The van der Waals surface area contributed by atoms with Gasteiger partial charge in [0.25, 0.3) is 0 Å². The van der Waals surface area contributed by atoms with Crippen LogP contribution in [-0.2, 0) is 29.8 Å². The first kappa shape index (κ1) is 24.5. The van der Waals surface area contributed by atoms with E-state index in [-0.39, 0.29) is 5.41 Å². The summed E-state index contributed by atoms with van der Waals surface area (Å²) in [7, 11) is 5.89. The minimum atomic E-state index is -2.57. The van der Waals surface area contributed by atoms with Crippen LogP contribution in [0.3, 0.4) is 0 Å². The van der Waals surface area contributed by atoms with Gasteiger partial charge in [0.15, 0.2) is 0 Å². The molecule has 0 aliphatic carbocycles. The van der Waals surface area contributed by atoms with Crippen molar-refractivity contribution < 1.29 is 9.05 Å². The summed E-state index contributed by atoms with van der Waals surface area (Å²) in [5.74, 6) is 0. The Morgan fingerprint density at radius 3 is 2.20 bits per heavy atom. The predicted octanol–water partition coefficient (Wildman–Crippen LogP) is 6.88. The summed E-state index contributed by atoms with van der Waals surface area (Å²) in [6.07, 6.45) is 4.68. The molecule has 3 heterocycles. The molecule has 168 valence electrons. The summed E-state index contributed by atoms with van der Waals surface area (Å²) in [6, 6.07) is 8.92. The number of benzene rings is 1. The van der Waals surface area contributed by atoms with Gasteiger partial charge in [0.2, 0.25) is 0 Å². The van der Waals surface area contributed by atoms with Crippen LogP contribution in [0.4, 0.5) is 0 Å². The number of rotatable bonds is 3. The second-order valence-corrected chi connectivity index (χ2v) is 39.2. The van der Waals surface area contributed by atoms with E-state index in [0.717, 1.165) is 43.5 Å². The number of thiocarbonyl (C=S) groups is 1. The Morgan fingerprint density at radius 1 is 1.10 bits per heavy atom. The molecule has 0 spiro atoms. The molecule has 3 nitrogen and oxygen atoms in total. The molecular formula is C20H30NO2PS5Te. The Balaban J connectivity index is 1.59. The zero-order chi connectivity index (χ0) is 21.2. The van der Waals surface area contributed by atoms with Crippen molar-refractivity contribution >= 4 is 75.3 Å². The zero-order valence-corrected chi connectivity index (χ0v) is 24.8.